The maximum absolute atomic E-state index is 12.7. The smallest absolute Gasteiger partial charge is 0.405 e. The fourth-order valence-corrected chi connectivity index (χ4v) is 3.40. The van der Waals surface area contributed by atoms with Crippen molar-refractivity contribution in [2.24, 2.45) is 5.73 Å². The number of amides is 5. The van der Waals surface area contributed by atoms with E-state index >= 15 is 0 Å². The number of aromatic hydroxyl groups is 2. The van der Waals surface area contributed by atoms with E-state index in [9.17, 15) is 34.2 Å². The highest BCUT2D eigenvalue weighted by molar-refractivity contribution is 5.94. The van der Waals surface area contributed by atoms with Crippen LogP contribution in [-0.4, -0.2) is 69.2 Å². The van der Waals surface area contributed by atoms with Crippen molar-refractivity contribution in [2.45, 2.75) is 50.9 Å². The van der Waals surface area contributed by atoms with Gasteiger partial charge in [-0.1, -0.05) is 24.3 Å². The van der Waals surface area contributed by atoms with Gasteiger partial charge in [0.15, 0.2) is 0 Å². The quantitative estimate of drug-likeness (QED) is 0.179. The van der Waals surface area contributed by atoms with Gasteiger partial charge in [-0.05, 0) is 49.2 Å². The van der Waals surface area contributed by atoms with Gasteiger partial charge in [0, 0.05) is 12.8 Å². The number of carbonyl (C=O) groups excluding carboxylic acids is 4. The van der Waals surface area contributed by atoms with Crippen molar-refractivity contribution in [1.29, 1.82) is 0 Å². The molecule has 2 aromatic carbocycles. The number of rotatable bonds is 12. The first kappa shape index (κ1) is 29.4. The molecule has 0 radical (unpaired) electrons. The third kappa shape index (κ3) is 9.33. The molecule has 0 aliphatic heterocycles. The molecule has 0 bridgehead atoms. The summed E-state index contributed by atoms with van der Waals surface area (Å²) >= 11 is 0. The second-order valence-corrected chi connectivity index (χ2v) is 8.67. The molecule has 2 aromatic rings. The molecular weight excluding hydrogens is 498 g/mol. The topological polar surface area (TPSA) is 220 Å². The number of hydrogen-bond acceptors (Lipinski definition) is 7. The lowest BCUT2D eigenvalue weighted by atomic mass is 10.0. The Labute approximate surface area is 218 Å². The predicted molar refractivity (Wildman–Crippen MR) is 135 cm³/mol. The van der Waals surface area contributed by atoms with Crippen molar-refractivity contribution in [3.63, 3.8) is 0 Å². The van der Waals surface area contributed by atoms with Crippen molar-refractivity contribution in [3.8, 4) is 11.5 Å². The minimum absolute atomic E-state index is 0.00639. The summed E-state index contributed by atoms with van der Waals surface area (Å²) in [4.78, 5) is 60.9. The molecule has 9 N–H and O–H groups in total. The standard InChI is InChI=1S/C25H31N5O8/c1-13(28-24(36)20(30-25(37)38)12-16-5-9-18(32)10-6-16)22(34)27-14(2)23(35)29-19(21(26)33)11-15-3-7-17(31)8-4-15/h3-10,13-14,19-20,30-32H,11-12H2,1-2H3,(H2,26,33)(H,27,34)(H,28,36)(H,29,35)(H,37,38). The summed E-state index contributed by atoms with van der Waals surface area (Å²) in [5.74, 6) is -2.95. The summed E-state index contributed by atoms with van der Waals surface area (Å²) in [5, 5.41) is 37.2. The first-order valence-electron chi connectivity index (χ1n) is 11.6. The molecule has 13 nitrogen and oxygen atoms in total. The Hall–Kier alpha value is -4.81. The third-order valence-electron chi connectivity index (χ3n) is 5.53. The van der Waals surface area contributed by atoms with Crippen LogP contribution < -0.4 is 27.0 Å². The Bertz CT molecular complexity index is 1150. The van der Waals surface area contributed by atoms with Crippen LogP contribution in [0, 0.1) is 0 Å². The van der Waals surface area contributed by atoms with E-state index in [1.165, 1.54) is 50.2 Å². The average molecular weight is 530 g/mol. The molecule has 0 heterocycles. The molecule has 0 saturated carbocycles. The van der Waals surface area contributed by atoms with Crippen molar-refractivity contribution >= 4 is 29.7 Å². The molecule has 5 amide bonds. The summed E-state index contributed by atoms with van der Waals surface area (Å²) in [5.41, 5.74) is 6.60. The molecule has 4 atom stereocenters. The number of primary amides is 1. The summed E-state index contributed by atoms with van der Waals surface area (Å²) in [7, 11) is 0. The molecule has 2 rings (SSSR count). The van der Waals surface area contributed by atoms with Gasteiger partial charge in [0.1, 0.15) is 35.7 Å². The van der Waals surface area contributed by atoms with Gasteiger partial charge in [-0.25, -0.2) is 4.79 Å². The lowest BCUT2D eigenvalue weighted by molar-refractivity contribution is -0.133. The lowest BCUT2D eigenvalue weighted by Gasteiger charge is -2.23. The highest BCUT2D eigenvalue weighted by Crippen LogP contribution is 2.12. The monoisotopic (exact) mass is 529 g/mol. The van der Waals surface area contributed by atoms with E-state index in [0.29, 0.717) is 11.1 Å². The molecule has 0 aromatic heterocycles. The minimum Gasteiger partial charge on any atom is -0.508 e. The molecule has 13 heteroatoms. The molecule has 204 valence electrons. The second kappa shape index (κ2) is 13.5. The van der Waals surface area contributed by atoms with Gasteiger partial charge >= 0.3 is 6.09 Å². The van der Waals surface area contributed by atoms with Gasteiger partial charge < -0.3 is 42.3 Å². The maximum Gasteiger partial charge on any atom is 0.405 e. The van der Waals surface area contributed by atoms with Crippen molar-refractivity contribution in [3.05, 3.63) is 59.7 Å². The minimum atomic E-state index is -1.44. The first-order chi connectivity index (χ1) is 17.8. The van der Waals surface area contributed by atoms with Crippen molar-refractivity contribution in [2.75, 3.05) is 0 Å². The number of carboxylic acid groups (broad SMARTS) is 1. The summed E-state index contributed by atoms with van der Waals surface area (Å²) in [6, 6.07) is 7.27. The van der Waals surface area contributed by atoms with E-state index in [1.54, 1.807) is 12.1 Å². The number of benzene rings is 2. The van der Waals surface area contributed by atoms with Gasteiger partial charge in [-0.3, -0.25) is 19.2 Å². The summed E-state index contributed by atoms with van der Waals surface area (Å²) < 4.78 is 0. The number of phenols is 2. The molecule has 0 saturated heterocycles. The van der Waals surface area contributed by atoms with E-state index in [2.05, 4.69) is 21.3 Å². The zero-order chi connectivity index (χ0) is 28.4. The Morgan fingerprint density at radius 2 is 1.05 bits per heavy atom. The van der Waals surface area contributed by atoms with Gasteiger partial charge in [0.2, 0.25) is 23.6 Å². The fourth-order valence-electron chi connectivity index (χ4n) is 3.40. The molecule has 0 spiro atoms. The third-order valence-corrected chi connectivity index (χ3v) is 5.53. The van der Waals surface area contributed by atoms with Gasteiger partial charge in [-0.15, -0.1) is 0 Å². The van der Waals surface area contributed by atoms with Crippen LogP contribution in [0.2, 0.25) is 0 Å². The number of carbonyl (C=O) groups is 5. The van der Waals surface area contributed by atoms with Crippen LogP contribution in [0.5, 0.6) is 11.5 Å². The van der Waals surface area contributed by atoms with Crippen LogP contribution in [-0.2, 0) is 32.0 Å². The molecular formula is C25H31N5O8. The molecule has 0 aliphatic rings. The Balaban J connectivity index is 1.95. The number of nitrogens with one attached hydrogen (secondary N) is 4. The normalized spacial score (nSPS) is 13.7. The Kier molecular flexibility index (Phi) is 10.4. The largest absolute Gasteiger partial charge is 0.508 e. The van der Waals surface area contributed by atoms with E-state index in [4.69, 9.17) is 10.8 Å². The van der Waals surface area contributed by atoms with Crippen LogP contribution in [0.4, 0.5) is 4.79 Å². The highest BCUT2D eigenvalue weighted by Gasteiger charge is 2.27. The van der Waals surface area contributed by atoms with E-state index < -0.39 is 53.9 Å². The molecule has 38 heavy (non-hydrogen) atoms. The predicted octanol–water partition coefficient (Wildman–Crippen LogP) is -0.501. The Morgan fingerprint density at radius 3 is 1.47 bits per heavy atom. The number of phenolic OH excluding ortho intramolecular Hbond substituents is 2. The summed E-state index contributed by atoms with van der Waals surface area (Å²) in [6.07, 6.45) is -1.42. The molecule has 4 unspecified atom stereocenters. The van der Waals surface area contributed by atoms with Crippen LogP contribution in [0.1, 0.15) is 25.0 Å². The van der Waals surface area contributed by atoms with Crippen LogP contribution in [0.25, 0.3) is 0 Å². The SMILES string of the molecule is CC(NC(=O)C(C)NC(=O)C(Cc1ccc(O)cc1)NC(=O)O)C(=O)NC(Cc1ccc(O)cc1)C(N)=O. The number of hydrogen-bond donors (Lipinski definition) is 8. The van der Waals surface area contributed by atoms with E-state index in [0.717, 1.165) is 0 Å². The van der Waals surface area contributed by atoms with Crippen LogP contribution in [0.3, 0.4) is 0 Å². The average Bonchev–Trinajstić information content (AvgIpc) is 2.85. The van der Waals surface area contributed by atoms with Gasteiger partial charge in [0.25, 0.3) is 0 Å². The van der Waals surface area contributed by atoms with E-state index in [1.807, 2.05) is 0 Å². The summed E-state index contributed by atoms with van der Waals surface area (Å²) in [6.45, 7) is 2.73. The zero-order valence-corrected chi connectivity index (χ0v) is 20.8. The van der Waals surface area contributed by atoms with Gasteiger partial charge in [0.05, 0.1) is 0 Å². The first-order valence-corrected chi connectivity index (χ1v) is 11.6. The molecule has 0 aliphatic carbocycles. The lowest BCUT2D eigenvalue weighted by Crippen LogP contribution is -2.57. The maximum atomic E-state index is 12.7. The fraction of sp³-hybridized carbons (Fsp3) is 0.320. The van der Waals surface area contributed by atoms with Gasteiger partial charge in [-0.2, -0.15) is 0 Å². The van der Waals surface area contributed by atoms with Crippen LogP contribution in [0.15, 0.2) is 48.5 Å². The molecule has 0 fully saturated rings. The highest BCUT2D eigenvalue weighted by atomic mass is 16.4. The number of nitrogens with two attached hydrogens (primary N) is 1. The Morgan fingerprint density at radius 1 is 0.658 bits per heavy atom. The second-order valence-electron chi connectivity index (χ2n) is 8.67. The van der Waals surface area contributed by atoms with Crippen molar-refractivity contribution < 1.29 is 39.3 Å². The van der Waals surface area contributed by atoms with Crippen molar-refractivity contribution in [1.82, 2.24) is 21.3 Å². The van der Waals surface area contributed by atoms with E-state index in [-0.39, 0.29) is 24.3 Å². The zero-order valence-electron chi connectivity index (χ0n) is 20.8. The van der Waals surface area contributed by atoms with Crippen LogP contribution >= 0.6 is 0 Å².